The van der Waals surface area contributed by atoms with Gasteiger partial charge in [0, 0.05) is 17.7 Å². The summed E-state index contributed by atoms with van der Waals surface area (Å²) in [5, 5.41) is 17.7. The molecule has 0 saturated carbocycles. The topological polar surface area (TPSA) is 80.4 Å². The number of aryl methyl sites for hydroxylation is 1. The fraction of sp³-hybridized carbons (Fsp3) is 0.133. The van der Waals surface area contributed by atoms with E-state index >= 15 is 0 Å². The lowest BCUT2D eigenvalue weighted by Gasteiger charge is -2.04. The third kappa shape index (κ3) is 2.70. The Labute approximate surface area is 110 Å². The predicted molar refractivity (Wildman–Crippen MR) is 70.5 cm³/mol. The van der Waals surface area contributed by atoms with E-state index in [2.05, 4.69) is 11.1 Å². The van der Waals surface area contributed by atoms with E-state index in [1.165, 1.54) is 0 Å². The molecule has 4 nitrogen and oxygen atoms in total. The van der Waals surface area contributed by atoms with Gasteiger partial charge in [0.2, 0.25) is 0 Å². The van der Waals surface area contributed by atoms with Crippen LogP contribution in [0.1, 0.15) is 27.9 Å². The average molecular weight is 249 g/mol. The number of nitrogens with one attached hydrogen (secondary N) is 1. The second kappa shape index (κ2) is 5.20. The summed E-state index contributed by atoms with van der Waals surface area (Å²) in [5.41, 5.74) is 2.93. The summed E-state index contributed by atoms with van der Waals surface area (Å²) in [6, 6.07) is 12.8. The van der Waals surface area contributed by atoms with Crippen LogP contribution in [-0.4, -0.2) is 4.98 Å². The summed E-state index contributed by atoms with van der Waals surface area (Å²) < 4.78 is 0. The van der Waals surface area contributed by atoms with Crippen molar-refractivity contribution < 1.29 is 0 Å². The molecule has 0 fully saturated rings. The van der Waals surface area contributed by atoms with Crippen LogP contribution in [0, 0.1) is 29.6 Å². The zero-order valence-electron chi connectivity index (χ0n) is 10.4. The van der Waals surface area contributed by atoms with Crippen molar-refractivity contribution in [3.8, 4) is 12.1 Å². The van der Waals surface area contributed by atoms with Crippen molar-refractivity contribution in [2.75, 3.05) is 0 Å². The van der Waals surface area contributed by atoms with Gasteiger partial charge in [0.25, 0.3) is 5.56 Å². The first-order valence-corrected chi connectivity index (χ1v) is 5.76. The molecule has 0 saturated heterocycles. The Balaban J connectivity index is 2.36. The Morgan fingerprint density at radius 1 is 1.16 bits per heavy atom. The molecule has 1 aromatic carbocycles. The molecule has 19 heavy (non-hydrogen) atoms. The van der Waals surface area contributed by atoms with Crippen LogP contribution in [0.3, 0.4) is 0 Å². The molecule has 92 valence electrons. The molecule has 2 aromatic rings. The molecule has 1 N–H and O–H groups in total. The number of nitrogens with zero attached hydrogens (tertiary/aromatic N) is 2. The van der Waals surface area contributed by atoms with Gasteiger partial charge in [-0.15, -0.1) is 0 Å². The van der Waals surface area contributed by atoms with Gasteiger partial charge in [0.1, 0.15) is 6.07 Å². The first-order valence-electron chi connectivity index (χ1n) is 5.76. The summed E-state index contributed by atoms with van der Waals surface area (Å²) in [7, 11) is 0. The van der Waals surface area contributed by atoms with Crippen LogP contribution >= 0.6 is 0 Å². The zero-order valence-corrected chi connectivity index (χ0v) is 10.4. The normalized spacial score (nSPS) is 9.63. The van der Waals surface area contributed by atoms with E-state index < -0.39 is 0 Å². The van der Waals surface area contributed by atoms with Gasteiger partial charge in [-0.1, -0.05) is 12.1 Å². The fourth-order valence-corrected chi connectivity index (χ4v) is 1.83. The van der Waals surface area contributed by atoms with Crippen LogP contribution in [0.5, 0.6) is 0 Å². The number of hydrogen-bond acceptors (Lipinski definition) is 3. The Morgan fingerprint density at radius 3 is 2.42 bits per heavy atom. The second-order valence-electron chi connectivity index (χ2n) is 4.26. The van der Waals surface area contributed by atoms with E-state index in [4.69, 9.17) is 10.5 Å². The lowest BCUT2D eigenvalue weighted by Crippen LogP contribution is -2.15. The highest BCUT2D eigenvalue weighted by Gasteiger charge is 2.06. The maximum atomic E-state index is 11.8. The summed E-state index contributed by atoms with van der Waals surface area (Å²) in [5.74, 6) is 0. The lowest BCUT2D eigenvalue weighted by atomic mass is 10.0. The molecule has 0 aliphatic carbocycles. The molecular formula is C15H11N3O. The molecule has 0 atom stereocenters. The van der Waals surface area contributed by atoms with E-state index in [9.17, 15) is 4.79 Å². The quantitative estimate of drug-likeness (QED) is 0.884. The van der Waals surface area contributed by atoms with Crippen LogP contribution in [0.25, 0.3) is 0 Å². The van der Waals surface area contributed by atoms with Gasteiger partial charge in [-0.3, -0.25) is 4.79 Å². The largest absolute Gasteiger partial charge is 0.325 e. The van der Waals surface area contributed by atoms with Gasteiger partial charge in [0.05, 0.1) is 17.2 Å². The number of pyridine rings is 1. The zero-order chi connectivity index (χ0) is 13.8. The molecular weight excluding hydrogens is 238 g/mol. The minimum atomic E-state index is -0.180. The molecule has 0 amide bonds. The molecule has 0 aliphatic heterocycles. The van der Waals surface area contributed by atoms with Crippen LogP contribution < -0.4 is 5.56 Å². The van der Waals surface area contributed by atoms with E-state index in [1.807, 2.05) is 18.2 Å². The van der Waals surface area contributed by atoms with Crippen molar-refractivity contribution in [2.24, 2.45) is 0 Å². The standard InChI is InChI=1S/C15H11N3O/c1-10-14(9-17)7-13(15(19)18-10)6-11-2-4-12(8-16)5-3-11/h2-5,7H,6H2,1H3,(H,18,19). The van der Waals surface area contributed by atoms with Gasteiger partial charge in [-0.05, 0) is 30.7 Å². The molecule has 1 heterocycles. The van der Waals surface area contributed by atoms with Crippen molar-refractivity contribution in [2.45, 2.75) is 13.3 Å². The molecule has 0 spiro atoms. The van der Waals surface area contributed by atoms with Gasteiger partial charge >= 0.3 is 0 Å². The van der Waals surface area contributed by atoms with Crippen LogP contribution in [-0.2, 0) is 6.42 Å². The molecule has 4 heteroatoms. The van der Waals surface area contributed by atoms with Gasteiger partial charge in [0.15, 0.2) is 0 Å². The van der Waals surface area contributed by atoms with E-state index in [0.29, 0.717) is 28.8 Å². The maximum absolute atomic E-state index is 11.8. The third-order valence-corrected chi connectivity index (χ3v) is 2.91. The van der Waals surface area contributed by atoms with Crippen molar-refractivity contribution in [3.05, 3.63) is 68.6 Å². The van der Waals surface area contributed by atoms with Crippen molar-refractivity contribution >= 4 is 0 Å². The van der Waals surface area contributed by atoms with Crippen molar-refractivity contribution in [1.82, 2.24) is 4.98 Å². The highest BCUT2D eigenvalue weighted by molar-refractivity contribution is 5.38. The number of hydrogen-bond donors (Lipinski definition) is 1. The summed E-state index contributed by atoms with van der Waals surface area (Å²) in [4.78, 5) is 14.5. The Hall–Kier alpha value is -2.85. The lowest BCUT2D eigenvalue weighted by molar-refractivity contribution is 1.05. The van der Waals surface area contributed by atoms with Crippen LogP contribution in [0.15, 0.2) is 35.1 Å². The smallest absolute Gasteiger partial charge is 0.251 e. The monoisotopic (exact) mass is 249 g/mol. The van der Waals surface area contributed by atoms with Gasteiger partial charge < -0.3 is 4.98 Å². The number of aromatic nitrogens is 1. The number of nitriles is 2. The second-order valence-corrected chi connectivity index (χ2v) is 4.26. The van der Waals surface area contributed by atoms with Gasteiger partial charge in [-0.25, -0.2) is 0 Å². The number of benzene rings is 1. The number of H-pyrrole nitrogens is 1. The van der Waals surface area contributed by atoms with E-state index in [1.54, 1.807) is 25.1 Å². The minimum absolute atomic E-state index is 0.180. The average Bonchev–Trinajstić information content (AvgIpc) is 2.42. The predicted octanol–water partition coefficient (Wildman–Crippen LogP) is 2.02. The summed E-state index contributed by atoms with van der Waals surface area (Å²) in [6.07, 6.45) is 0.440. The van der Waals surface area contributed by atoms with E-state index in [-0.39, 0.29) is 5.56 Å². The molecule has 2 rings (SSSR count). The molecule has 0 radical (unpaired) electrons. The van der Waals surface area contributed by atoms with Crippen molar-refractivity contribution in [3.63, 3.8) is 0 Å². The highest BCUT2D eigenvalue weighted by atomic mass is 16.1. The number of aromatic amines is 1. The summed E-state index contributed by atoms with van der Waals surface area (Å²) >= 11 is 0. The minimum Gasteiger partial charge on any atom is -0.325 e. The molecule has 0 bridgehead atoms. The molecule has 0 aliphatic rings. The van der Waals surface area contributed by atoms with E-state index in [0.717, 1.165) is 5.56 Å². The number of rotatable bonds is 2. The highest BCUT2D eigenvalue weighted by Crippen LogP contribution is 2.10. The van der Waals surface area contributed by atoms with Crippen LogP contribution in [0.2, 0.25) is 0 Å². The fourth-order valence-electron chi connectivity index (χ4n) is 1.83. The molecule has 0 unspecified atom stereocenters. The first-order chi connectivity index (χ1) is 9.13. The van der Waals surface area contributed by atoms with Gasteiger partial charge in [-0.2, -0.15) is 10.5 Å². The summed E-state index contributed by atoms with van der Waals surface area (Å²) in [6.45, 7) is 1.70. The Morgan fingerprint density at radius 2 is 1.84 bits per heavy atom. The van der Waals surface area contributed by atoms with Crippen molar-refractivity contribution in [1.29, 1.82) is 10.5 Å². The maximum Gasteiger partial charge on any atom is 0.251 e. The SMILES string of the molecule is Cc1[nH]c(=O)c(Cc2ccc(C#N)cc2)cc1C#N. The third-order valence-electron chi connectivity index (χ3n) is 2.91. The van der Waals surface area contributed by atoms with Crippen LogP contribution in [0.4, 0.5) is 0 Å². The molecule has 1 aromatic heterocycles. The first kappa shape index (κ1) is 12.6. The Bertz CT molecular complexity index is 743. The Kier molecular flexibility index (Phi) is 3.45.